The molecule has 2 aromatic heterocycles. The van der Waals surface area contributed by atoms with Gasteiger partial charge in [0.25, 0.3) is 0 Å². The van der Waals surface area contributed by atoms with Crippen molar-refractivity contribution in [2.45, 2.75) is 56.9 Å². The van der Waals surface area contributed by atoms with Gasteiger partial charge in [0.1, 0.15) is 22.5 Å². The topological polar surface area (TPSA) is 45.6 Å². The Morgan fingerprint density at radius 2 is 2.00 bits per heavy atom. The zero-order chi connectivity index (χ0) is 15.3. The minimum Gasteiger partial charge on any atom is -0.344 e. The molecule has 1 saturated heterocycles. The first kappa shape index (κ1) is 14.2. The molecule has 2 N–H and O–H groups in total. The molecule has 4 nitrogen and oxygen atoms in total. The van der Waals surface area contributed by atoms with Crippen LogP contribution in [0.4, 0.5) is 5.82 Å². The Bertz CT molecular complexity index is 726. The number of hydrogen-bond acceptors (Lipinski definition) is 4. The molecule has 0 bridgehead atoms. The zero-order valence-electron chi connectivity index (χ0n) is 13.7. The van der Waals surface area contributed by atoms with Gasteiger partial charge < -0.3 is 10.2 Å². The van der Waals surface area contributed by atoms with Crippen molar-refractivity contribution in [1.82, 2.24) is 9.97 Å². The number of hydrogen-bond donors (Lipinski definition) is 1. The minimum absolute atomic E-state index is 0.451. The van der Waals surface area contributed by atoms with Crippen LogP contribution in [0.5, 0.6) is 0 Å². The molecule has 122 valence electrons. The van der Waals surface area contributed by atoms with Gasteiger partial charge in [-0.25, -0.2) is 9.97 Å². The molecular weight excluding hydrogens is 304 g/mol. The quantitative estimate of drug-likeness (QED) is 0.873. The third-order valence-corrected chi connectivity index (χ3v) is 7.31. The van der Waals surface area contributed by atoms with Crippen LogP contribution in [-0.2, 0) is 12.8 Å². The molecule has 0 radical (unpaired) electrons. The fourth-order valence-corrected chi connectivity index (χ4v) is 6.22. The second kappa shape index (κ2) is 5.42. The van der Waals surface area contributed by atoms with E-state index in [2.05, 4.69) is 15.2 Å². The molecule has 1 spiro atoms. The SMILES string of the molecule is c1nc(N2CC[NH2+]C3(CCCCC3)C2)c2c3c(sc2n1)CCC3. The molecule has 2 aliphatic carbocycles. The Hall–Kier alpha value is -1.20. The molecule has 3 aliphatic rings. The second-order valence-corrected chi connectivity index (χ2v) is 8.66. The van der Waals surface area contributed by atoms with E-state index in [4.69, 9.17) is 4.98 Å². The monoisotopic (exact) mass is 329 g/mol. The molecule has 1 saturated carbocycles. The molecule has 0 unspecified atom stereocenters. The average Bonchev–Trinajstić information content (AvgIpc) is 3.16. The summed E-state index contributed by atoms with van der Waals surface area (Å²) in [6.07, 6.45) is 12.5. The maximum Gasteiger partial charge on any atom is 0.141 e. The van der Waals surface area contributed by atoms with Crippen molar-refractivity contribution in [3.63, 3.8) is 0 Å². The summed E-state index contributed by atoms with van der Waals surface area (Å²) >= 11 is 1.91. The Balaban J connectivity index is 1.55. The Kier molecular flexibility index (Phi) is 3.34. The zero-order valence-corrected chi connectivity index (χ0v) is 14.5. The normalized spacial score (nSPS) is 23.6. The predicted octanol–water partition coefficient (Wildman–Crippen LogP) is 2.27. The van der Waals surface area contributed by atoms with Gasteiger partial charge in [-0.05, 0) is 37.7 Å². The lowest BCUT2D eigenvalue weighted by molar-refractivity contribution is -0.732. The summed E-state index contributed by atoms with van der Waals surface area (Å²) in [6.45, 7) is 3.50. The van der Waals surface area contributed by atoms with Gasteiger partial charge in [0, 0.05) is 17.7 Å². The van der Waals surface area contributed by atoms with Crippen molar-refractivity contribution in [1.29, 1.82) is 0 Å². The molecule has 2 fully saturated rings. The fourth-order valence-electron chi connectivity index (χ4n) is 5.00. The number of aromatic nitrogens is 2. The highest BCUT2D eigenvalue weighted by Gasteiger charge is 2.41. The van der Waals surface area contributed by atoms with Crippen molar-refractivity contribution in [2.75, 3.05) is 24.5 Å². The van der Waals surface area contributed by atoms with Crippen LogP contribution in [0.2, 0.25) is 0 Å². The van der Waals surface area contributed by atoms with Crippen LogP contribution in [-0.4, -0.2) is 35.1 Å². The van der Waals surface area contributed by atoms with Crippen molar-refractivity contribution in [3.05, 3.63) is 16.8 Å². The summed E-state index contributed by atoms with van der Waals surface area (Å²) in [6, 6.07) is 0. The Morgan fingerprint density at radius 1 is 1.09 bits per heavy atom. The van der Waals surface area contributed by atoms with Gasteiger partial charge >= 0.3 is 0 Å². The lowest BCUT2D eigenvalue weighted by Gasteiger charge is -2.43. The first-order chi connectivity index (χ1) is 11.3. The van der Waals surface area contributed by atoms with Gasteiger partial charge in [0.2, 0.25) is 0 Å². The number of thiophene rings is 1. The summed E-state index contributed by atoms with van der Waals surface area (Å²) in [4.78, 5) is 14.7. The van der Waals surface area contributed by atoms with E-state index in [0.717, 1.165) is 6.54 Å². The van der Waals surface area contributed by atoms with Gasteiger partial charge in [-0.3, -0.25) is 0 Å². The van der Waals surface area contributed by atoms with Gasteiger partial charge in [-0.1, -0.05) is 6.42 Å². The summed E-state index contributed by atoms with van der Waals surface area (Å²) < 4.78 is 0. The molecule has 0 amide bonds. The number of aryl methyl sites for hydroxylation is 2. The van der Waals surface area contributed by atoms with Crippen LogP contribution >= 0.6 is 11.3 Å². The van der Waals surface area contributed by atoms with Gasteiger partial charge in [0.05, 0.1) is 25.0 Å². The summed E-state index contributed by atoms with van der Waals surface area (Å²) in [5.41, 5.74) is 2.01. The predicted molar refractivity (Wildman–Crippen MR) is 94.3 cm³/mol. The lowest BCUT2D eigenvalue weighted by atomic mass is 9.80. The third-order valence-electron chi connectivity index (χ3n) is 6.11. The number of nitrogens with zero attached hydrogens (tertiary/aromatic N) is 3. The maximum absolute atomic E-state index is 4.77. The van der Waals surface area contributed by atoms with Crippen LogP contribution in [0.3, 0.4) is 0 Å². The molecule has 1 aliphatic heterocycles. The molecule has 3 heterocycles. The summed E-state index contributed by atoms with van der Waals surface area (Å²) in [5, 5.41) is 4.02. The number of piperazine rings is 1. The van der Waals surface area contributed by atoms with Crippen molar-refractivity contribution in [3.8, 4) is 0 Å². The van der Waals surface area contributed by atoms with Crippen LogP contribution < -0.4 is 10.2 Å². The smallest absolute Gasteiger partial charge is 0.141 e. The highest BCUT2D eigenvalue weighted by Crippen LogP contribution is 2.40. The first-order valence-electron chi connectivity index (χ1n) is 9.19. The molecule has 5 rings (SSSR count). The molecule has 0 atom stereocenters. The van der Waals surface area contributed by atoms with Crippen molar-refractivity contribution in [2.24, 2.45) is 0 Å². The van der Waals surface area contributed by atoms with Crippen molar-refractivity contribution < 1.29 is 5.32 Å². The average molecular weight is 329 g/mol. The van der Waals surface area contributed by atoms with E-state index in [-0.39, 0.29) is 0 Å². The number of rotatable bonds is 1. The standard InChI is InChI=1S/C18H24N4S/c1-2-7-18(8-3-1)11-22(10-9-21-18)16-15-13-5-4-6-14(13)23-17(15)20-12-19-16/h12,21H,1-11H2/p+1. The van der Waals surface area contributed by atoms with E-state index in [1.165, 1.54) is 80.5 Å². The van der Waals surface area contributed by atoms with E-state index < -0.39 is 0 Å². The first-order valence-corrected chi connectivity index (χ1v) is 10.0. The number of anilines is 1. The summed E-state index contributed by atoms with van der Waals surface area (Å²) in [5.74, 6) is 1.23. The van der Waals surface area contributed by atoms with E-state index >= 15 is 0 Å². The fraction of sp³-hybridized carbons (Fsp3) is 0.667. The maximum atomic E-state index is 4.77. The van der Waals surface area contributed by atoms with E-state index in [1.807, 2.05) is 11.3 Å². The lowest BCUT2D eigenvalue weighted by Crippen LogP contribution is -3.02. The molecular formula is C18H25N4S+. The molecule has 2 aromatic rings. The van der Waals surface area contributed by atoms with Crippen LogP contribution in [0, 0.1) is 0 Å². The molecule has 0 aromatic carbocycles. The Labute approximate surface area is 141 Å². The Morgan fingerprint density at radius 3 is 2.91 bits per heavy atom. The van der Waals surface area contributed by atoms with E-state index in [9.17, 15) is 0 Å². The van der Waals surface area contributed by atoms with Crippen LogP contribution in [0.1, 0.15) is 49.0 Å². The van der Waals surface area contributed by atoms with Crippen LogP contribution in [0.15, 0.2) is 6.33 Å². The largest absolute Gasteiger partial charge is 0.344 e. The number of nitrogens with two attached hydrogens (primary N) is 1. The highest BCUT2D eigenvalue weighted by molar-refractivity contribution is 7.19. The highest BCUT2D eigenvalue weighted by atomic mass is 32.1. The molecule has 5 heteroatoms. The molecule has 23 heavy (non-hydrogen) atoms. The van der Waals surface area contributed by atoms with E-state index in [0.29, 0.717) is 5.54 Å². The van der Waals surface area contributed by atoms with Gasteiger partial charge in [-0.2, -0.15) is 0 Å². The van der Waals surface area contributed by atoms with E-state index in [1.54, 1.807) is 16.8 Å². The second-order valence-electron chi connectivity index (χ2n) is 7.57. The number of quaternary nitrogens is 1. The third kappa shape index (κ3) is 2.28. The van der Waals surface area contributed by atoms with Crippen molar-refractivity contribution >= 4 is 27.4 Å². The minimum atomic E-state index is 0.451. The van der Waals surface area contributed by atoms with Gasteiger partial charge in [0.15, 0.2) is 0 Å². The van der Waals surface area contributed by atoms with Gasteiger partial charge in [-0.15, -0.1) is 11.3 Å². The number of fused-ring (bicyclic) bond motifs is 3. The van der Waals surface area contributed by atoms with Crippen LogP contribution in [0.25, 0.3) is 10.2 Å². The summed E-state index contributed by atoms with van der Waals surface area (Å²) in [7, 11) is 0.